The van der Waals surface area contributed by atoms with Gasteiger partial charge in [0.15, 0.2) is 0 Å². The second-order valence-electron chi connectivity index (χ2n) is 8.12. The molecule has 2 aliphatic heterocycles. The standard InChI is InChI=1S/C19H31N3O3.C2HF3O2/c1-24-10-6-20-19(23)11-17-13-21(12-16-4-8-25-9-5-16)15-18-3-2-7-22(18)14-17;3-2(4,5)1(6)7/h2-3,7,16-17H,4-6,8-15H2,1H3,(H,20,23);(H,6,7). The molecule has 2 aliphatic rings. The number of fused-ring (bicyclic) bond motifs is 1. The van der Waals surface area contributed by atoms with Crippen molar-refractivity contribution in [3.05, 3.63) is 24.0 Å². The van der Waals surface area contributed by atoms with E-state index in [9.17, 15) is 18.0 Å². The zero-order chi connectivity index (χ0) is 23.6. The molecule has 0 aliphatic carbocycles. The fourth-order valence-corrected chi connectivity index (χ4v) is 3.95. The molecule has 182 valence electrons. The minimum Gasteiger partial charge on any atom is -0.475 e. The molecule has 2 N–H and O–H groups in total. The first-order valence-corrected chi connectivity index (χ1v) is 10.7. The topological polar surface area (TPSA) is 93.0 Å². The highest BCUT2D eigenvalue weighted by molar-refractivity contribution is 5.76. The number of carboxylic acids is 1. The summed E-state index contributed by atoms with van der Waals surface area (Å²) >= 11 is 0. The van der Waals surface area contributed by atoms with Crippen LogP contribution in [0.5, 0.6) is 0 Å². The van der Waals surface area contributed by atoms with Gasteiger partial charge in [0.1, 0.15) is 0 Å². The van der Waals surface area contributed by atoms with Crippen LogP contribution in [-0.2, 0) is 32.2 Å². The molecule has 0 bridgehead atoms. The summed E-state index contributed by atoms with van der Waals surface area (Å²) in [5, 5.41) is 10.1. The van der Waals surface area contributed by atoms with Crippen molar-refractivity contribution in [2.24, 2.45) is 11.8 Å². The van der Waals surface area contributed by atoms with Gasteiger partial charge >= 0.3 is 12.1 Å². The molecule has 0 aromatic carbocycles. The highest BCUT2D eigenvalue weighted by atomic mass is 19.4. The Balaban J connectivity index is 0.000000451. The summed E-state index contributed by atoms with van der Waals surface area (Å²) in [6.07, 6.45) is -0.0614. The Bertz CT molecular complexity index is 720. The second kappa shape index (κ2) is 12.8. The third-order valence-corrected chi connectivity index (χ3v) is 5.48. The number of aromatic nitrogens is 1. The zero-order valence-electron chi connectivity index (χ0n) is 18.3. The number of hydrogen-bond acceptors (Lipinski definition) is 5. The molecule has 0 saturated carbocycles. The van der Waals surface area contributed by atoms with Gasteiger partial charge in [-0.15, -0.1) is 0 Å². The molecule has 1 amide bonds. The SMILES string of the molecule is COCCNC(=O)CC1CN(CC2CCOCC2)Cc2cccn2C1.O=C(O)C(F)(F)F. The van der Waals surface area contributed by atoms with Crippen LogP contribution in [0.1, 0.15) is 25.0 Å². The Morgan fingerprint density at radius 2 is 1.94 bits per heavy atom. The monoisotopic (exact) mass is 463 g/mol. The average molecular weight is 463 g/mol. The Morgan fingerprint density at radius 1 is 1.25 bits per heavy atom. The third kappa shape index (κ3) is 9.17. The fourth-order valence-electron chi connectivity index (χ4n) is 3.95. The molecule has 11 heteroatoms. The molecule has 8 nitrogen and oxygen atoms in total. The molecule has 1 aromatic rings. The van der Waals surface area contributed by atoms with Gasteiger partial charge in [-0.05, 0) is 36.8 Å². The molecular formula is C21H32F3N3O5. The van der Waals surface area contributed by atoms with Crippen LogP contribution in [-0.4, -0.2) is 79.2 Å². The largest absolute Gasteiger partial charge is 0.490 e. The van der Waals surface area contributed by atoms with E-state index in [2.05, 4.69) is 33.1 Å². The van der Waals surface area contributed by atoms with E-state index in [1.807, 2.05) is 0 Å². The quantitative estimate of drug-likeness (QED) is 0.602. The summed E-state index contributed by atoms with van der Waals surface area (Å²) in [7, 11) is 1.65. The van der Waals surface area contributed by atoms with Gasteiger partial charge in [-0.1, -0.05) is 0 Å². The first-order chi connectivity index (χ1) is 15.2. The molecule has 1 atom stereocenters. The minimum absolute atomic E-state index is 0.128. The molecule has 1 unspecified atom stereocenters. The van der Waals surface area contributed by atoms with Gasteiger partial charge in [0.25, 0.3) is 0 Å². The fraction of sp³-hybridized carbons (Fsp3) is 0.714. The molecule has 0 spiro atoms. The lowest BCUT2D eigenvalue weighted by molar-refractivity contribution is -0.192. The molecule has 3 heterocycles. The number of amides is 1. The van der Waals surface area contributed by atoms with Gasteiger partial charge in [0.05, 0.1) is 6.61 Å². The molecule has 0 radical (unpaired) electrons. The maximum atomic E-state index is 12.2. The highest BCUT2D eigenvalue weighted by Crippen LogP contribution is 2.23. The molecule has 3 rings (SSSR count). The van der Waals surface area contributed by atoms with Crippen LogP contribution in [0.15, 0.2) is 18.3 Å². The molecule has 1 fully saturated rings. The van der Waals surface area contributed by atoms with Crippen LogP contribution in [0.3, 0.4) is 0 Å². The Kier molecular flexibility index (Phi) is 10.5. The lowest BCUT2D eigenvalue weighted by Gasteiger charge is -2.30. The summed E-state index contributed by atoms with van der Waals surface area (Å²) in [6, 6.07) is 4.32. The number of hydrogen-bond donors (Lipinski definition) is 2. The van der Waals surface area contributed by atoms with Crippen LogP contribution in [0.4, 0.5) is 13.2 Å². The van der Waals surface area contributed by atoms with Crippen molar-refractivity contribution in [3.8, 4) is 0 Å². The van der Waals surface area contributed by atoms with E-state index in [1.54, 1.807) is 7.11 Å². The van der Waals surface area contributed by atoms with E-state index in [4.69, 9.17) is 19.4 Å². The van der Waals surface area contributed by atoms with Crippen molar-refractivity contribution in [2.45, 2.75) is 38.5 Å². The number of nitrogens with zero attached hydrogens (tertiary/aromatic N) is 2. The lowest BCUT2D eigenvalue weighted by Crippen LogP contribution is -2.36. The van der Waals surface area contributed by atoms with E-state index in [-0.39, 0.29) is 5.91 Å². The van der Waals surface area contributed by atoms with Crippen LogP contribution in [0.2, 0.25) is 0 Å². The van der Waals surface area contributed by atoms with Crippen molar-refractivity contribution < 1.29 is 37.3 Å². The van der Waals surface area contributed by atoms with E-state index in [0.717, 1.165) is 52.2 Å². The lowest BCUT2D eigenvalue weighted by atomic mass is 9.98. The third-order valence-electron chi connectivity index (χ3n) is 5.48. The van der Waals surface area contributed by atoms with Crippen LogP contribution in [0.25, 0.3) is 0 Å². The normalized spacial score (nSPS) is 19.9. The first-order valence-electron chi connectivity index (χ1n) is 10.7. The van der Waals surface area contributed by atoms with Crippen LogP contribution >= 0.6 is 0 Å². The van der Waals surface area contributed by atoms with Gasteiger partial charge in [0, 0.05) is 71.4 Å². The number of carboxylic acid groups (broad SMARTS) is 1. The van der Waals surface area contributed by atoms with Gasteiger partial charge in [-0.2, -0.15) is 13.2 Å². The van der Waals surface area contributed by atoms with Crippen molar-refractivity contribution in [1.29, 1.82) is 0 Å². The van der Waals surface area contributed by atoms with Crippen molar-refractivity contribution in [1.82, 2.24) is 14.8 Å². The summed E-state index contributed by atoms with van der Waals surface area (Å²) in [5.74, 6) is -1.57. The Morgan fingerprint density at radius 3 is 2.56 bits per heavy atom. The van der Waals surface area contributed by atoms with E-state index < -0.39 is 12.1 Å². The van der Waals surface area contributed by atoms with Crippen molar-refractivity contribution in [3.63, 3.8) is 0 Å². The summed E-state index contributed by atoms with van der Waals surface area (Å²) < 4.78 is 44.5. The van der Waals surface area contributed by atoms with E-state index in [0.29, 0.717) is 31.4 Å². The summed E-state index contributed by atoms with van der Waals surface area (Å²) in [4.78, 5) is 23.7. The smallest absolute Gasteiger partial charge is 0.475 e. The number of carbonyl (C=O) groups is 2. The maximum absolute atomic E-state index is 12.2. The highest BCUT2D eigenvalue weighted by Gasteiger charge is 2.38. The molecular weight excluding hydrogens is 431 g/mol. The number of rotatable bonds is 7. The Hall–Kier alpha value is -2.11. The van der Waals surface area contributed by atoms with Crippen molar-refractivity contribution in [2.75, 3.05) is 46.6 Å². The van der Waals surface area contributed by atoms with Crippen LogP contribution in [0, 0.1) is 11.8 Å². The van der Waals surface area contributed by atoms with E-state index in [1.165, 1.54) is 5.69 Å². The number of carbonyl (C=O) groups excluding carboxylic acids is 1. The van der Waals surface area contributed by atoms with Gasteiger partial charge < -0.3 is 24.5 Å². The van der Waals surface area contributed by atoms with Gasteiger partial charge in [0.2, 0.25) is 5.91 Å². The number of ether oxygens (including phenoxy) is 2. The number of halogens is 3. The minimum atomic E-state index is -5.08. The summed E-state index contributed by atoms with van der Waals surface area (Å²) in [5.41, 5.74) is 1.36. The Labute approximate surface area is 185 Å². The average Bonchev–Trinajstić information content (AvgIpc) is 3.08. The zero-order valence-corrected chi connectivity index (χ0v) is 18.3. The first kappa shape index (κ1) is 26.1. The number of nitrogens with one attached hydrogen (secondary N) is 1. The summed E-state index contributed by atoms with van der Waals surface area (Å²) in [6.45, 7) is 6.92. The predicted molar refractivity (Wildman–Crippen MR) is 110 cm³/mol. The van der Waals surface area contributed by atoms with Gasteiger partial charge in [-0.3, -0.25) is 9.69 Å². The molecule has 1 saturated heterocycles. The molecule has 1 aromatic heterocycles. The maximum Gasteiger partial charge on any atom is 0.490 e. The number of methoxy groups -OCH3 is 1. The number of alkyl halides is 3. The predicted octanol–water partition coefficient (Wildman–Crippen LogP) is 2.13. The van der Waals surface area contributed by atoms with E-state index >= 15 is 0 Å². The van der Waals surface area contributed by atoms with Gasteiger partial charge in [-0.25, -0.2) is 4.79 Å². The number of aliphatic carboxylic acids is 1. The van der Waals surface area contributed by atoms with Crippen molar-refractivity contribution >= 4 is 11.9 Å². The second-order valence-corrected chi connectivity index (χ2v) is 8.12. The molecule has 32 heavy (non-hydrogen) atoms. The van der Waals surface area contributed by atoms with Crippen LogP contribution < -0.4 is 5.32 Å².